The van der Waals surface area contributed by atoms with Crippen LogP contribution in [0.15, 0.2) is 51.9 Å². The van der Waals surface area contributed by atoms with Gasteiger partial charge in [-0.3, -0.25) is 4.79 Å². The Hall–Kier alpha value is -3.33. The number of carbonyl (C=O) groups excluding carboxylic acids is 1. The summed E-state index contributed by atoms with van der Waals surface area (Å²) in [4.78, 5) is 14.3. The first kappa shape index (κ1) is 24.3. The SMILES string of the molecule is COc1ccc(-c2onc(C)c2C)cc1S(=O)(=O)CCC(=O)NCc1ccc(N(C)C)cc1. The standard InChI is InChI=1S/C24H29N3O5S/c1-16-17(2)26-32-24(16)19-8-11-21(31-5)22(14-19)33(29,30)13-12-23(28)25-15-18-6-9-20(10-7-18)27(3)4/h6-11,14H,12-13,15H2,1-5H3,(H,25,28). The first-order valence-corrected chi connectivity index (χ1v) is 12.1. The van der Waals surface area contributed by atoms with E-state index in [1.807, 2.05) is 57.1 Å². The maximum absolute atomic E-state index is 13.1. The van der Waals surface area contributed by atoms with Crippen LogP contribution >= 0.6 is 0 Å². The van der Waals surface area contributed by atoms with E-state index in [2.05, 4.69) is 10.5 Å². The molecular weight excluding hydrogens is 442 g/mol. The summed E-state index contributed by atoms with van der Waals surface area (Å²) >= 11 is 0. The number of hydrogen-bond donors (Lipinski definition) is 1. The summed E-state index contributed by atoms with van der Waals surface area (Å²) in [6, 6.07) is 12.6. The minimum absolute atomic E-state index is 0.0167. The molecule has 0 aliphatic carbocycles. The van der Waals surface area contributed by atoms with Crippen LogP contribution in [-0.2, 0) is 21.2 Å². The fourth-order valence-electron chi connectivity index (χ4n) is 3.28. The van der Waals surface area contributed by atoms with E-state index >= 15 is 0 Å². The van der Waals surface area contributed by atoms with E-state index < -0.39 is 9.84 Å². The molecule has 176 valence electrons. The first-order valence-electron chi connectivity index (χ1n) is 10.5. The normalized spacial score (nSPS) is 11.3. The summed E-state index contributed by atoms with van der Waals surface area (Å²) in [7, 11) is 1.53. The van der Waals surface area contributed by atoms with Gasteiger partial charge in [0.05, 0.1) is 18.6 Å². The maximum Gasteiger partial charge on any atom is 0.221 e. The highest BCUT2D eigenvalue weighted by molar-refractivity contribution is 7.91. The predicted molar refractivity (Wildman–Crippen MR) is 127 cm³/mol. The van der Waals surface area contributed by atoms with Gasteiger partial charge in [-0.1, -0.05) is 17.3 Å². The second-order valence-electron chi connectivity index (χ2n) is 7.99. The first-order chi connectivity index (χ1) is 15.6. The van der Waals surface area contributed by atoms with E-state index in [-0.39, 0.29) is 28.7 Å². The van der Waals surface area contributed by atoms with Crippen LogP contribution in [0.25, 0.3) is 11.3 Å². The molecule has 0 radical (unpaired) electrons. The Bertz CT molecular complexity index is 1230. The topological polar surface area (TPSA) is 102 Å². The molecule has 1 N–H and O–H groups in total. The minimum atomic E-state index is -3.79. The van der Waals surface area contributed by atoms with Gasteiger partial charge in [0.2, 0.25) is 5.91 Å². The van der Waals surface area contributed by atoms with Gasteiger partial charge < -0.3 is 19.5 Å². The Morgan fingerprint density at radius 1 is 1.12 bits per heavy atom. The number of aryl methyl sites for hydroxylation is 1. The van der Waals surface area contributed by atoms with Crippen molar-refractivity contribution in [3.63, 3.8) is 0 Å². The summed E-state index contributed by atoms with van der Waals surface area (Å²) in [6.45, 7) is 4.01. The molecule has 0 bridgehead atoms. The van der Waals surface area contributed by atoms with Crippen LogP contribution in [0.3, 0.4) is 0 Å². The summed E-state index contributed by atoms with van der Waals surface area (Å²) in [6.07, 6.45) is -0.161. The van der Waals surface area contributed by atoms with Gasteiger partial charge in [0.1, 0.15) is 10.6 Å². The van der Waals surface area contributed by atoms with Crippen molar-refractivity contribution in [2.75, 3.05) is 31.9 Å². The van der Waals surface area contributed by atoms with E-state index in [9.17, 15) is 13.2 Å². The van der Waals surface area contributed by atoms with Crippen molar-refractivity contribution < 1.29 is 22.5 Å². The molecule has 0 atom stereocenters. The Morgan fingerprint density at radius 3 is 2.39 bits per heavy atom. The second-order valence-corrected chi connectivity index (χ2v) is 10.1. The number of sulfone groups is 1. The number of nitrogens with zero attached hydrogens (tertiary/aromatic N) is 2. The quantitative estimate of drug-likeness (QED) is 0.509. The van der Waals surface area contributed by atoms with Crippen molar-refractivity contribution in [2.24, 2.45) is 0 Å². The van der Waals surface area contributed by atoms with Crippen molar-refractivity contribution in [1.82, 2.24) is 10.5 Å². The summed E-state index contributed by atoms with van der Waals surface area (Å²) in [5.41, 5.74) is 4.14. The third kappa shape index (κ3) is 5.73. The number of rotatable bonds is 9. The molecule has 8 nitrogen and oxygen atoms in total. The number of hydrogen-bond acceptors (Lipinski definition) is 7. The van der Waals surface area contributed by atoms with Crippen molar-refractivity contribution >= 4 is 21.4 Å². The van der Waals surface area contributed by atoms with Crippen LogP contribution in [-0.4, -0.2) is 46.4 Å². The zero-order chi connectivity index (χ0) is 24.2. The largest absolute Gasteiger partial charge is 0.495 e. The highest BCUT2D eigenvalue weighted by Crippen LogP contribution is 2.33. The lowest BCUT2D eigenvalue weighted by Crippen LogP contribution is -2.25. The molecule has 0 fully saturated rings. The molecule has 3 aromatic rings. The van der Waals surface area contributed by atoms with Gasteiger partial charge in [0, 0.05) is 43.9 Å². The van der Waals surface area contributed by atoms with Crippen LogP contribution in [0, 0.1) is 13.8 Å². The highest BCUT2D eigenvalue weighted by Gasteiger charge is 2.23. The van der Waals surface area contributed by atoms with Crippen molar-refractivity contribution in [3.8, 4) is 17.1 Å². The highest BCUT2D eigenvalue weighted by atomic mass is 32.2. The molecule has 0 unspecified atom stereocenters. The zero-order valence-electron chi connectivity index (χ0n) is 19.5. The molecule has 33 heavy (non-hydrogen) atoms. The van der Waals surface area contributed by atoms with E-state index in [1.54, 1.807) is 12.1 Å². The van der Waals surface area contributed by atoms with Crippen LogP contribution in [0.4, 0.5) is 5.69 Å². The molecule has 0 saturated heterocycles. The molecule has 1 aromatic heterocycles. The van der Waals surface area contributed by atoms with Crippen molar-refractivity contribution in [3.05, 3.63) is 59.3 Å². The van der Waals surface area contributed by atoms with Crippen molar-refractivity contribution in [1.29, 1.82) is 0 Å². The number of carbonyl (C=O) groups is 1. The van der Waals surface area contributed by atoms with Gasteiger partial charge in [-0.05, 0) is 49.7 Å². The lowest BCUT2D eigenvalue weighted by atomic mass is 10.1. The Labute approximate surface area is 194 Å². The van der Waals surface area contributed by atoms with E-state index in [0.29, 0.717) is 17.9 Å². The van der Waals surface area contributed by atoms with Gasteiger partial charge >= 0.3 is 0 Å². The van der Waals surface area contributed by atoms with Gasteiger partial charge in [-0.25, -0.2) is 8.42 Å². The van der Waals surface area contributed by atoms with Gasteiger partial charge in [-0.15, -0.1) is 0 Å². The van der Waals surface area contributed by atoms with Gasteiger partial charge in [0.15, 0.2) is 15.6 Å². The lowest BCUT2D eigenvalue weighted by molar-refractivity contribution is -0.120. The van der Waals surface area contributed by atoms with Gasteiger partial charge in [0.25, 0.3) is 0 Å². The number of nitrogens with one attached hydrogen (secondary N) is 1. The molecule has 3 rings (SSSR count). The minimum Gasteiger partial charge on any atom is -0.495 e. The van der Waals surface area contributed by atoms with Crippen LogP contribution in [0.2, 0.25) is 0 Å². The molecule has 1 amide bonds. The third-order valence-electron chi connectivity index (χ3n) is 5.46. The number of methoxy groups -OCH3 is 1. The smallest absolute Gasteiger partial charge is 0.221 e. The van der Waals surface area contributed by atoms with Crippen LogP contribution in [0.1, 0.15) is 23.2 Å². The lowest BCUT2D eigenvalue weighted by Gasteiger charge is -2.13. The Kier molecular flexibility index (Phi) is 7.43. The monoisotopic (exact) mass is 471 g/mol. The van der Waals surface area contributed by atoms with Crippen molar-refractivity contribution in [2.45, 2.75) is 31.7 Å². The average Bonchev–Trinajstić information content (AvgIpc) is 3.14. The molecule has 0 saturated carbocycles. The Balaban J connectivity index is 1.68. The predicted octanol–water partition coefficient (Wildman–Crippen LogP) is 3.51. The molecule has 2 aromatic carbocycles. The number of aromatic nitrogens is 1. The maximum atomic E-state index is 13.1. The fraction of sp³-hybridized carbons (Fsp3) is 0.333. The number of amides is 1. The fourth-order valence-corrected chi connectivity index (χ4v) is 4.72. The van der Waals surface area contributed by atoms with Crippen LogP contribution < -0.4 is 15.0 Å². The van der Waals surface area contributed by atoms with E-state index in [1.165, 1.54) is 13.2 Å². The zero-order valence-corrected chi connectivity index (χ0v) is 20.3. The molecule has 0 aliphatic heterocycles. The Morgan fingerprint density at radius 2 is 1.82 bits per heavy atom. The third-order valence-corrected chi connectivity index (χ3v) is 7.19. The summed E-state index contributed by atoms with van der Waals surface area (Å²) in [5, 5.41) is 6.71. The average molecular weight is 472 g/mol. The summed E-state index contributed by atoms with van der Waals surface area (Å²) in [5.74, 6) is 0.0397. The molecule has 0 aliphatic rings. The number of ether oxygens (including phenoxy) is 1. The van der Waals surface area contributed by atoms with E-state index in [4.69, 9.17) is 9.26 Å². The number of benzene rings is 2. The summed E-state index contributed by atoms with van der Waals surface area (Å²) < 4.78 is 36.7. The molecule has 0 spiro atoms. The molecule has 1 heterocycles. The molecule has 9 heteroatoms. The van der Waals surface area contributed by atoms with E-state index in [0.717, 1.165) is 22.5 Å². The number of anilines is 1. The van der Waals surface area contributed by atoms with Crippen LogP contribution in [0.5, 0.6) is 5.75 Å². The second kappa shape index (κ2) is 10.1. The van der Waals surface area contributed by atoms with Gasteiger partial charge in [-0.2, -0.15) is 0 Å². The molecular formula is C24H29N3O5S.